The predicted octanol–water partition coefficient (Wildman–Crippen LogP) is 7.91. The number of nitrogens with zero attached hydrogens (tertiary/aromatic N) is 3. The van der Waals surface area contributed by atoms with Gasteiger partial charge in [0, 0.05) is 32.7 Å². The lowest BCUT2D eigenvalue weighted by Gasteiger charge is -2.29. The molecule has 1 unspecified atom stereocenters. The Morgan fingerprint density at radius 3 is 2.57 bits per heavy atom. The van der Waals surface area contributed by atoms with Crippen LogP contribution in [0, 0.1) is 6.92 Å². The number of methoxy groups -OCH3 is 1. The number of anilines is 2. The molecule has 2 N–H and O–H groups in total. The molecule has 1 aliphatic heterocycles. The third kappa shape index (κ3) is 6.53. The van der Waals surface area contributed by atoms with Crippen molar-refractivity contribution in [1.82, 2.24) is 14.8 Å². The number of carbonyl (C=O) groups excluding carboxylic acids is 1. The second-order valence-corrected chi connectivity index (χ2v) is 11.7. The summed E-state index contributed by atoms with van der Waals surface area (Å²) in [6.07, 6.45) is 0.993. The highest BCUT2D eigenvalue weighted by Crippen LogP contribution is 2.40. The van der Waals surface area contributed by atoms with E-state index < -0.39 is 6.04 Å². The fourth-order valence-electron chi connectivity index (χ4n) is 4.59. The molecular formula is C31H31Cl2N5O3S. The molecule has 0 saturated heterocycles. The van der Waals surface area contributed by atoms with E-state index in [1.54, 1.807) is 35.7 Å². The van der Waals surface area contributed by atoms with Gasteiger partial charge >= 0.3 is 0 Å². The van der Waals surface area contributed by atoms with Crippen LogP contribution in [0.25, 0.3) is 0 Å². The summed E-state index contributed by atoms with van der Waals surface area (Å²) in [4.78, 5) is 18.5. The Bertz CT molecular complexity index is 1640. The zero-order valence-corrected chi connectivity index (χ0v) is 26.0. The van der Waals surface area contributed by atoms with Gasteiger partial charge in [0.05, 0.1) is 12.7 Å². The molecule has 0 aliphatic carbocycles. The van der Waals surface area contributed by atoms with Gasteiger partial charge in [-0.2, -0.15) is 4.98 Å². The number of hydrogen-bond donors (Lipinski definition) is 2. The molecule has 0 saturated carbocycles. The molecule has 5 rings (SSSR count). The first-order valence-electron chi connectivity index (χ1n) is 13.5. The highest BCUT2D eigenvalue weighted by Gasteiger charge is 2.35. The Balaban J connectivity index is 1.50. The third-order valence-corrected chi connectivity index (χ3v) is 8.35. The zero-order chi connectivity index (χ0) is 29.8. The van der Waals surface area contributed by atoms with Crippen molar-refractivity contribution in [3.63, 3.8) is 0 Å². The highest BCUT2D eigenvalue weighted by molar-refractivity contribution is 7.99. The highest BCUT2D eigenvalue weighted by atomic mass is 35.5. The number of fused-ring (bicyclic) bond motifs is 1. The van der Waals surface area contributed by atoms with Gasteiger partial charge in [0.2, 0.25) is 11.1 Å². The SMILES string of the molecule is CCCSc1nc2n(n1)C(c1ccc(OCc3ccc(Cl)cc3Cl)c(OC)c1)C(C(=O)Nc1ccc(C)cc1)=C(C)N2. The Kier molecular flexibility index (Phi) is 9.30. The van der Waals surface area contributed by atoms with Gasteiger partial charge in [0.1, 0.15) is 12.6 Å². The van der Waals surface area contributed by atoms with E-state index in [1.807, 2.05) is 62.4 Å². The molecule has 42 heavy (non-hydrogen) atoms. The number of ether oxygens (including phenoxy) is 2. The lowest BCUT2D eigenvalue weighted by atomic mass is 9.94. The average molecular weight is 625 g/mol. The number of aromatic nitrogens is 3. The number of benzene rings is 3. The number of carbonyl (C=O) groups is 1. The summed E-state index contributed by atoms with van der Waals surface area (Å²) < 4.78 is 13.6. The molecule has 1 aliphatic rings. The van der Waals surface area contributed by atoms with Gasteiger partial charge in [-0.05, 0) is 62.2 Å². The fraction of sp³-hybridized carbons (Fsp3) is 0.258. The van der Waals surface area contributed by atoms with E-state index in [4.69, 9.17) is 42.8 Å². The molecule has 11 heteroatoms. The third-order valence-electron chi connectivity index (χ3n) is 6.72. The van der Waals surface area contributed by atoms with Gasteiger partial charge in [-0.25, -0.2) is 4.68 Å². The monoisotopic (exact) mass is 623 g/mol. The maximum absolute atomic E-state index is 13.8. The van der Waals surface area contributed by atoms with Gasteiger partial charge < -0.3 is 20.1 Å². The van der Waals surface area contributed by atoms with Gasteiger partial charge in [-0.15, -0.1) is 5.10 Å². The smallest absolute Gasteiger partial charge is 0.255 e. The number of nitrogens with one attached hydrogen (secondary N) is 2. The van der Waals surface area contributed by atoms with Crippen LogP contribution in [0.5, 0.6) is 11.5 Å². The van der Waals surface area contributed by atoms with Crippen molar-refractivity contribution < 1.29 is 14.3 Å². The number of aryl methyl sites for hydroxylation is 1. The standard InChI is InChI=1S/C31H31Cl2N5O3S/c1-5-14-42-31-36-30-34-19(3)27(29(39)35-23-11-6-18(2)7-12-23)28(38(30)37-31)20-9-13-25(26(15-20)40-4)41-17-21-8-10-22(32)16-24(21)33/h6-13,15-16,28H,5,14,17H2,1-4H3,(H,35,39)(H,34,36,37). The molecule has 0 fully saturated rings. The Morgan fingerprint density at radius 2 is 1.86 bits per heavy atom. The van der Waals surface area contributed by atoms with Crippen LogP contribution in [0.2, 0.25) is 10.0 Å². The van der Waals surface area contributed by atoms with Crippen LogP contribution in [0.1, 0.15) is 43.0 Å². The summed E-state index contributed by atoms with van der Waals surface area (Å²) >= 11 is 14.0. The summed E-state index contributed by atoms with van der Waals surface area (Å²) in [7, 11) is 1.58. The minimum Gasteiger partial charge on any atom is -0.493 e. The summed E-state index contributed by atoms with van der Waals surface area (Å²) in [5.74, 6) is 2.26. The molecule has 8 nitrogen and oxygen atoms in total. The van der Waals surface area contributed by atoms with E-state index in [0.29, 0.717) is 49.6 Å². The summed E-state index contributed by atoms with van der Waals surface area (Å²) in [5, 5.41) is 12.9. The van der Waals surface area contributed by atoms with Crippen molar-refractivity contribution in [1.29, 1.82) is 0 Å². The van der Waals surface area contributed by atoms with E-state index in [2.05, 4.69) is 17.6 Å². The average Bonchev–Trinajstić information content (AvgIpc) is 3.38. The van der Waals surface area contributed by atoms with E-state index >= 15 is 0 Å². The van der Waals surface area contributed by atoms with E-state index in [-0.39, 0.29) is 12.5 Å². The normalized spacial score (nSPS) is 14.3. The van der Waals surface area contributed by atoms with Gasteiger partial charge in [0.15, 0.2) is 11.5 Å². The van der Waals surface area contributed by atoms with Gasteiger partial charge in [-0.3, -0.25) is 4.79 Å². The van der Waals surface area contributed by atoms with E-state index in [1.165, 1.54) is 0 Å². The van der Waals surface area contributed by atoms with Crippen LogP contribution in [0.3, 0.4) is 0 Å². The van der Waals surface area contributed by atoms with E-state index in [0.717, 1.165) is 28.9 Å². The lowest BCUT2D eigenvalue weighted by Crippen LogP contribution is -2.31. The number of rotatable bonds is 10. The van der Waals surface area contributed by atoms with Crippen molar-refractivity contribution in [3.05, 3.63) is 98.7 Å². The summed E-state index contributed by atoms with van der Waals surface area (Å²) in [5.41, 5.74) is 4.60. The quantitative estimate of drug-likeness (QED) is 0.173. The van der Waals surface area contributed by atoms with Crippen LogP contribution < -0.4 is 20.1 Å². The van der Waals surface area contributed by atoms with Crippen LogP contribution in [-0.4, -0.2) is 33.5 Å². The first kappa shape index (κ1) is 29.8. The fourth-order valence-corrected chi connectivity index (χ4v) is 5.74. The molecule has 1 aromatic heterocycles. The summed E-state index contributed by atoms with van der Waals surface area (Å²) in [6, 6.07) is 18.0. The van der Waals surface area contributed by atoms with Crippen molar-refractivity contribution in [2.45, 2.75) is 45.0 Å². The summed E-state index contributed by atoms with van der Waals surface area (Å²) in [6.45, 7) is 6.22. The van der Waals surface area contributed by atoms with Crippen LogP contribution in [-0.2, 0) is 11.4 Å². The van der Waals surface area contributed by atoms with Crippen molar-refractivity contribution in [2.24, 2.45) is 0 Å². The number of amides is 1. The molecule has 0 spiro atoms. The molecule has 3 aromatic carbocycles. The Labute approximate surface area is 259 Å². The molecule has 0 radical (unpaired) electrons. The number of halogens is 2. The predicted molar refractivity (Wildman–Crippen MR) is 169 cm³/mol. The van der Waals surface area contributed by atoms with E-state index in [9.17, 15) is 4.79 Å². The van der Waals surface area contributed by atoms with Crippen molar-refractivity contribution in [2.75, 3.05) is 23.5 Å². The molecule has 4 aromatic rings. The lowest BCUT2D eigenvalue weighted by molar-refractivity contribution is -0.113. The minimum absolute atomic E-state index is 0.230. The van der Waals surface area contributed by atoms with Crippen LogP contribution in [0.15, 0.2) is 77.1 Å². The van der Waals surface area contributed by atoms with Crippen LogP contribution >= 0.6 is 35.0 Å². The zero-order valence-electron chi connectivity index (χ0n) is 23.7. The molecule has 1 atom stereocenters. The Hall–Kier alpha value is -3.66. The largest absolute Gasteiger partial charge is 0.493 e. The Morgan fingerprint density at radius 1 is 1.07 bits per heavy atom. The van der Waals surface area contributed by atoms with Crippen molar-refractivity contribution in [3.8, 4) is 11.5 Å². The van der Waals surface area contributed by atoms with Gasteiger partial charge in [-0.1, -0.05) is 71.7 Å². The molecular weight excluding hydrogens is 593 g/mol. The maximum atomic E-state index is 13.8. The number of thioether (sulfide) groups is 1. The molecule has 218 valence electrons. The van der Waals surface area contributed by atoms with Crippen LogP contribution in [0.4, 0.5) is 11.6 Å². The second-order valence-electron chi connectivity index (χ2n) is 9.83. The number of hydrogen-bond acceptors (Lipinski definition) is 7. The number of allylic oxidation sites excluding steroid dienone is 1. The second kappa shape index (κ2) is 13.1. The molecule has 2 heterocycles. The molecule has 1 amide bonds. The first-order valence-corrected chi connectivity index (χ1v) is 15.2. The first-order chi connectivity index (χ1) is 20.3. The molecule has 0 bridgehead atoms. The maximum Gasteiger partial charge on any atom is 0.255 e. The topological polar surface area (TPSA) is 90.3 Å². The van der Waals surface area contributed by atoms with Crippen molar-refractivity contribution >= 4 is 52.5 Å². The van der Waals surface area contributed by atoms with Gasteiger partial charge in [0.25, 0.3) is 5.91 Å². The minimum atomic E-state index is -0.566.